The normalized spacial score (nSPS) is 26.6. The van der Waals surface area contributed by atoms with Crippen LogP contribution in [0.25, 0.3) is 6.08 Å². The van der Waals surface area contributed by atoms with E-state index in [9.17, 15) is 27.5 Å². The van der Waals surface area contributed by atoms with Gasteiger partial charge in [-0.15, -0.1) is 0 Å². The fourth-order valence-electron chi connectivity index (χ4n) is 2.80. The van der Waals surface area contributed by atoms with Crippen LogP contribution in [0.15, 0.2) is 60.2 Å². The molecule has 2 atom stereocenters. The zero-order chi connectivity index (χ0) is 18.9. The lowest BCUT2D eigenvalue weighted by atomic mass is 9.76. The minimum atomic E-state index is -5.00. The molecule has 1 aromatic rings. The van der Waals surface area contributed by atoms with Gasteiger partial charge in [-0.05, 0) is 23.8 Å². The molecule has 2 rings (SSSR count). The van der Waals surface area contributed by atoms with Gasteiger partial charge in [0.25, 0.3) is 5.85 Å². The highest BCUT2D eigenvalue weighted by Crippen LogP contribution is 2.48. The molecule has 1 aromatic carbocycles. The standard InChI is InChI=1S/C18H17F4NO2/c1-13(24)23(2)16(10-6-7-11-17(16,19)25)15(18(20,21)22)12-14-8-4-3-5-9-14/h3-12,25H,1-2H3/b15-12-. The summed E-state index contributed by atoms with van der Waals surface area (Å²) in [7, 11) is 1.01. The number of allylic oxidation sites excluding steroid dienone is 2. The van der Waals surface area contributed by atoms with Crippen LogP contribution < -0.4 is 0 Å². The van der Waals surface area contributed by atoms with Crippen molar-refractivity contribution in [3.05, 3.63) is 65.8 Å². The number of nitrogens with zero attached hydrogens (tertiary/aromatic N) is 1. The van der Waals surface area contributed by atoms with Gasteiger partial charge in [0.2, 0.25) is 5.91 Å². The van der Waals surface area contributed by atoms with Crippen LogP contribution in [0.4, 0.5) is 17.6 Å². The van der Waals surface area contributed by atoms with Crippen LogP contribution in [0.3, 0.4) is 0 Å². The van der Waals surface area contributed by atoms with E-state index in [4.69, 9.17) is 0 Å². The Hall–Kier alpha value is -2.41. The highest BCUT2D eigenvalue weighted by atomic mass is 19.4. The van der Waals surface area contributed by atoms with E-state index in [0.29, 0.717) is 11.0 Å². The number of carbonyl (C=O) groups is 1. The van der Waals surface area contributed by atoms with Crippen molar-refractivity contribution >= 4 is 12.0 Å². The molecule has 0 spiro atoms. The van der Waals surface area contributed by atoms with E-state index in [0.717, 1.165) is 38.3 Å². The number of rotatable bonds is 3. The van der Waals surface area contributed by atoms with Crippen molar-refractivity contribution in [1.82, 2.24) is 4.90 Å². The predicted molar refractivity (Wildman–Crippen MR) is 86.0 cm³/mol. The van der Waals surface area contributed by atoms with Gasteiger partial charge in [-0.2, -0.15) is 13.2 Å². The van der Waals surface area contributed by atoms with Gasteiger partial charge in [-0.3, -0.25) is 4.79 Å². The second-order valence-corrected chi connectivity index (χ2v) is 5.70. The molecule has 0 heterocycles. The zero-order valence-corrected chi connectivity index (χ0v) is 13.6. The summed E-state index contributed by atoms with van der Waals surface area (Å²) in [6, 6.07) is 7.50. The van der Waals surface area contributed by atoms with Crippen LogP contribution in [-0.4, -0.2) is 40.5 Å². The fraction of sp³-hybridized carbons (Fsp3) is 0.278. The molecule has 0 fully saturated rings. The quantitative estimate of drug-likeness (QED) is 0.841. The van der Waals surface area contributed by atoms with Gasteiger partial charge in [0.05, 0.1) is 5.57 Å². The third-order valence-electron chi connectivity index (χ3n) is 4.13. The Labute approximate surface area is 142 Å². The molecule has 1 amide bonds. The Morgan fingerprint density at radius 3 is 2.20 bits per heavy atom. The molecule has 134 valence electrons. The van der Waals surface area contributed by atoms with Gasteiger partial charge in [0, 0.05) is 14.0 Å². The van der Waals surface area contributed by atoms with Crippen LogP contribution in [-0.2, 0) is 4.79 Å². The largest absolute Gasteiger partial charge is 0.415 e. The van der Waals surface area contributed by atoms with E-state index in [2.05, 4.69) is 0 Å². The number of amides is 1. The molecule has 25 heavy (non-hydrogen) atoms. The summed E-state index contributed by atoms with van der Waals surface area (Å²) in [5.74, 6) is -4.28. The number of likely N-dealkylation sites (N-methyl/N-ethyl adjacent to an activating group) is 1. The predicted octanol–water partition coefficient (Wildman–Crippen LogP) is 3.63. The van der Waals surface area contributed by atoms with Crippen molar-refractivity contribution in [1.29, 1.82) is 0 Å². The molecular weight excluding hydrogens is 338 g/mol. The van der Waals surface area contributed by atoms with Gasteiger partial charge >= 0.3 is 6.18 Å². The van der Waals surface area contributed by atoms with Crippen LogP contribution in [0.1, 0.15) is 12.5 Å². The molecule has 7 heteroatoms. The number of carbonyl (C=O) groups excluding carboxylic acids is 1. The van der Waals surface area contributed by atoms with Crippen LogP contribution in [0.5, 0.6) is 0 Å². The summed E-state index contributed by atoms with van der Waals surface area (Å²) in [4.78, 5) is 12.4. The molecule has 1 aliphatic carbocycles. The molecular formula is C18H17F4NO2. The van der Waals surface area contributed by atoms with Crippen molar-refractivity contribution < 1.29 is 27.5 Å². The van der Waals surface area contributed by atoms with E-state index >= 15 is 0 Å². The summed E-state index contributed by atoms with van der Waals surface area (Å²) in [6.45, 7) is 1.00. The maximum atomic E-state index is 15.0. The van der Waals surface area contributed by atoms with Crippen molar-refractivity contribution in [3.8, 4) is 0 Å². The molecule has 3 nitrogen and oxygen atoms in total. The summed E-state index contributed by atoms with van der Waals surface area (Å²) in [5.41, 5.74) is -3.99. The Kier molecular flexibility index (Phi) is 4.90. The van der Waals surface area contributed by atoms with Gasteiger partial charge in [-0.25, -0.2) is 4.39 Å². The van der Waals surface area contributed by atoms with Gasteiger partial charge < -0.3 is 10.0 Å². The third-order valence-corrected chi connectivity index (χ3v) is 4.13. The van der Waals surface area contributed by atoms with Crippen molar-refractivity contribution in [2.45, 2.75) is 24.5 Å². The molecule has 0 radical (unpaired) electrons. The first kappa shape index (κ1) is 18.9. The fourth-order valence-corrected chi connectivity index (χ4v) is 2.80. The number of alkyl halides is 4. The van der Waals surface area contributed by atoms with E-state index in [1.807, 2.05) is 0 Å². The lowest BCUT2D eigenvalue weighted by Gasteiger charge is -2.47. The lowest BCUT2D eigenvalue weighted by molar-refractivity contribution is -0.173. The highest BCUT2D eigenvalue weighted by Gasteiger charge is 2.62. The first-order chi connectivity index (χ1) is 11.5. The Bertz CT molecular complexity index is 735. The summed E-state index contributed by atoms with van der Waals surface area (Å²) in [6.07, 6.45) is -0.586. The van der Waals surface area contributed by atoms with Crippen LogP contribution >= 0.6 is 0 Å². The van der Waals surface area contributed by atoms with Gasteiger partial charge in [0.1, 0.15) is 0 Å². The molecule has 1 aliphatic rings. The Morgan fingerprint density at radius 1 is 1.16 bits per heavy atom. The smallest absolute Gasteiger partial charge is 0.356 e. The lowest BCUT2D eigenvalue weighted by Crippen LogP contribution is -2.64. The van der Waals surface area contributed by atoms with Gasteiger partial charge in [0.15, 0.2) is 5.54 Å². The van der Waals surface area contributed by atoms with Crippen LogP contribution in [0.2, 0.25) is 0 Å². The molecule has 0 aromatic heterocycles. The van der Waals surface area contributed by atoms with Crippen molar-refractivity contribution in [3.63, 3.8) is 0 Å². The second-order valence-electron chi connectivity index (χ2n) is 5.70. The Morgan fingerprint density at radius 2 is 1.72 bits per heavy atom. The van der Waals surface area contributed by atoms with E-state index in [-0.39, 0.29) is 5.56 Å². The molecule has 0 aliphatic heterocycles. The third kappa shape index (κ3) is 3.37. The SMILES string of the molecule is CC(=O)N(C)C1(/C(=C/c2ccccc2)C(F)(F)F)C=CC=CC1(O)F. The summed E-state index contributed by atoms with van der Waals surface area (Å²) in [5, 5.41) is 10.2. The maximum Gasteiger partial charge on any atom is 0.415 e. The monoisotopic (exact) mass is 355 g/mol. The number of hydrogen-bond acceptors (Lipinski definition) is 2. The van der Waals surface area contributed by atoms with Crippen molar-refractivity contribution in [2.75, 3.05) is 7.05 Å². The van der Waals surface area contributed by atoms with E-state index in [1.54, 1.807) is 6.07 Å². The first-order valence-electron chi connectivity index (χ1n) is 7.39. The minimum Gasteiger partial charge on any atom is -0.356 e. The number of halogens is 4. The minimum absolute atomic E-state index is 0.157. The first-order valence-corrected chi connectivity index (χ1v) is 7.39. The van der Waals surface area contributed by atoms with E-state index in [1.165, 1.54) is 24.3 Å². The van der Waals surface area contributed by atoms with Crippen LogP contribution in [0, 0.1) is 0 Å². The summed E-state index contributed by atoms with van der Waals surface area (Å²) >= 11 is 0. The zero-order valence-electron chi connectivity index (χ0n) is 13.6. The van der Waals surface area contributed by atoms with Crippen molar-refractivity contribution in [2.24, 2.45) is 0 Å². The number of aliphatic hydroxyl groups is 1. The van der Waals surface area contributed by atoms with Gasteiger partial charge in [-0.1, -0.05) is 42.5 Å². The molecule has 0 saturated carbocycles. The second kappa shape index (κ2) is 6.48. The molecule has 1 N–H and O–H groups in total. The Balaban J connectivity index is 2.81. The maximum absolute atomic E-state index is 15.0. The number of benzene rings is 1. The average Bonchev–Trinajstić information content (AvgIpc) is 2.52. The summed E-state index contributed by atoms with van der Waals surface area (Å²) < 4.78 is 56.5. The average molecular weight is 355 g/mol. The van der Waals surface area contributed by atoms with E-state index < -0.39 is 29.1 Å². The number of hydrogen-bond donors (Lipinski definition) is 1. The molecule has 0 saturated heterocycles. The molecule has 0 bridgehead atoms. The topological polar surface area (TPSA) is 40.5 Å². The highest BCUT2D eigenvalue weighted by molar-refractivity contribution is 5.77. The molecule has 2 unspecified atom stereocenters.